The number of pyridine rings is 1. The van der Waals surface area contributed by atoms with E-state index in [0.717, 1.165) is 12.1 Å². The van der Waals surface area contributed by atoms with Crippen molar-refractivity contribution in [2.24, 2.45) is 5.92 Å². The summed E-state index contributed by atoms with van der Waals surface area (Å²) in [6, 6.07) is 10.1. The van der Waals surface area contributed by atoms with Crippen LogP contribution in [0, 0.1) is 11.7 Å². The molecule has 1 fully saturated rings. The molecule has 0 saturated carbocycles. The summed E-state index contributed by atoms with van der Waals surface area (Å²) in [5, 5.41) is 10.7. The minimum absolute atomic E-state index is 0.0124. The quantitative estimate of drug-likeness (QED) is 0.718. The Morgan fingerprint density at radius 2 is 1.93 bits per heavy atom. The van der Waals surface area contributed by atoms with E-state index in [1.165, 1.54) is 16.4 Å². The number of hydrogen-bond donors (Lipinski definition) is 1. The number of aromatic nitrogens is 3. The number of carbonyl (C=O) groups is 1. The number of benzene rings is 1. The first-order chi connectivity index (χ1) is 13.4. The van der Waals surface area contributed by atoms with Gasteiger partial charge in [-0.05, 0) is 49.2 Å². The fraction of sp³-hybridized carbons (Fsp3) is 0.278. The van der Waals surface area contributed by atoms with Gasteiger partial charge in [0.2, 0.25) is 21.9 Å². The van der Waals surface area contributed by atoms with Gasteiger partial charge in [0.05, 0.1) is 10.8 Å². The number of hydrogen-bond acceptors (Lipinski definition) is 5. The molecule has 3 aromatic rings. The number of nitrogens with one attached hydrogen (secondary N) is 1. The topological polar surface area (TPSA) is 96.7 Å². The molecule has 0 aliphatic carbocycles. The normalized spacial score (nSPS) is 18.2. The summed E-state index contributed by atoms with van der Waals surface area (Å²) in [5.74, 6) is -1.04. The van der Waals surface area contributed by atoms with E-state index in [1.54, 1.807) is 22.7 Å². The molecule has 1 aromatic carbocycles. The van der Waals surface area contributed by atoms with Crippen molar-refractivity contribution in [1.82, 2.24) is 18.9 Å². The maximum absolute atomic E-state index is 13.1. The Bertz CT molecular complexity index is 1110. The van der Waals surface area contributed by atoms with Crippen molar-refractivity contribution in [3.05, 3.63) is 54.5 Å². The van der Waals surface area contributed by atoms with E-state index in [1.807, 2.05) is 6.07 Å². The van der Waals surface area contributed by atoms with Crippen LogP contribution in [0.2, 0.25) is 0 Å². The molecule has 10 heteroatoms. The van der Waals surface area contributed by atoms with Crippen LogP contribution in [0.4, 0.5) is 10.3 Å². The third kappa shape index (κ3) is 3.48. The van der Waals surface area contributed by atoms with Crippen LogP contribution in [0.15, 0.2) is 53.6 Å². The van der Waals surface area contributed by atoms with Gasteiger partial charge in [-0.15, -0.1) is 10.2 Å². The summed E-state index contributed by atoms with van der Waals surface area (Å²) >= 11 is 0. The largest absolute Gasteiger partial charge is 0.294 e. The van der Waals surface area contributed by atoms with Gasteiger partial charge >= 0.3 is 0 Å². The van der Waals surface area contributed by atoms with Crippen molar-refractivity contribution in [3.8, 4) is 0 Å². The Balaban J connectivity index is 1.50. The second-order valence-electron chi connectivity index (χ2n) is 6.60. The summed E-state index contributed by atoms with van der Waals surface area (Å²) in [5.41, 5.74) is 0.599. The molecule has 1 atom stereocenters. The molecule has 28 heavy (non-hydrogen) atoms. The number of anilines is 1. The molecule has 146 valence electrons. The monoisotopic (exact) mass is 403 g/mol. The highest BCUT2D eigenvalue weighted by atomic mass is 32.2. The van der Waals surface area contributed by atoms with Crippen molar-refractivity contribution in [2.45, 2.75) is 17.7 Å². The number of fused-ring (bicyclic) bond motifs is 1. The van der Waals surface area contributed by atoms with Crippen molar-refractivity contribution >= 4 is 27.5 Å². The lowest BCUT2D eigenvalue weighted by atomic mass is 9.99. The molecule has 0 spiro atoms. The maximum atomic E-state index is 13.1. The maximum Gasteiger partial charge on any atom is 0.243 e. The molecule has 1 N–H and O–H groups in total. The van der Waals surface area contributed by atoms with E-state index in [4.69, 9.17) is 0 Å². The van der Waals surface area contributed by atoms with Gasteiger partial charge < -0.3 is 0 Å². The lowest BCUT2D eigenvalue weighted by molar-refractivity contribution is -0.120. The third-order valence-electron chi connectivity index (χ3n) is 4.76. The van der Waals surface area contributed by atoms with Crippen LogP contribution < -0.4 is 5.32 Å². The molecule has 3 heterocycles. The number of sulfonamides is 1. The van der Waals surface area contributed by atoms with E-state index in [2.05, 4.69) is 15.5 Å². The van der Waals surface area contributed by atoms with Crippen LogP contribution in [0.25, 0.3) is 5.65 Å². The Labute approximate surface area is 161 Å². The molecule has 0 bridgehead atoms. The number of rotatable bonds is 4. The molecule has 1 aliphatic rings. The number of piperidine rings is 1. The average Bonchev–Trinajstić information content (AvgIpc) is 3.11. The predicted octanol–water partition coefficient (Wildman–Crippen LogP) is 1.91. The van der Waals surface area contributed by atoms with Gasteiger partial charge in [-0.1, -0.05) is 6.07 Å². The first-order valence-electron chi connectivity index (χ1n) is 8.81. The zero-order chi connectivity index (χ0) is 19.7. The van der Waals surface area contributed by atoms with Crippen molar-refractivity contribution in [1.29, 1.82) is 0 Å². The Morgan fingerprint density at radius 3 is 2.71 bits per heavy atom. The average molecular weight is 403 g/mol. The zero-order valence-electron chi connectivity index (χ0n) is 14.8. The molecule has 1 aliphatic heterocycles. The minimum Gasteiger partial charge on any atom is -0.294 e. The van der Waals surface area contributed by atoms with Crippen LogP contribution >= 0.6 is 0 Å². The summed E-state index contributed by atoms with van der Waals surface area (Å²) in [6.07, 6.45) is 2.86. The van der Waals surface area contributed by atoms with Crippen molar-refractivity contribution in [2.75, 3.05) is 18.4 Å². The van der Waals surface area contributed by atoms with Crippen LogP contribution in [-0.4, -0.2) is 46.3 Å². The SMILES string of the molecule is O=C(Nc1nnc2ccccn12)C1CCCN(S(=O)(=O)c2ccc(F)cc2)C1. The Morgan fingerprint density at radius 1 is 1.14 bits per heavy atom. The zero-order valence-corrected chi connectivity index (χ0v) is 15.6. The lowest BCUT2D eigenvalue weighted by Crippen LogP contribution is -2.43. The molecular formula is C18H18FN5O3S. The van der Waals surface area contributed by atoms with E-state index in [-0.39, 0.29) is 17.3 Å². The van der Waals surface area contributed by atoms with E-state index >= 15 is 0 Å². The molecule has 1 saturated heterocycles. The molecule has 4 rings (SSSR count). The standard InChI is InChI=1S/C18H18FN5O3S/c19-14-6-8-15(9-7-14)28(26,27)23-10-3-4-13(12-23)17(25)20-18-22-21-16-5-1-2-11-24(16)18/h1-2,5-9,11,13H,3-4,10,12H2,(H,20,22,25). The van der Waals surface area contributed by atoms with Crippen LogP contribution in [-0.2, 0) is 14.8 Å². The molecule has 1 amide bonds. The van der Waals surface area contributed by atoms with Gasteiger partial charge in [-0.25, -0.2) is 12.8 Å². The lowest BCUT2D eigenvalue weighted by Gasteiger charge is -2.31. The third-order valence-corrected chi connectivity index (χ3v) is 6.63. The van der Waals surface area contributed by atoms with Crippen LogP contribution in [0.1, 0.15) is 12.8 Å². The molecule has 2 aromatic heterocycles. The fourth-order valence-electron chi connectivity index (χ4n) is 3.27. The minimum atomic E-state index is -3.79. The van der Waals surface area contributed by atoms with Gasteiger partial charge in [0.1, 0.15) is 5.82 Å². The summed E-state index contributed by atoms with van der Waals surface area (Å²) < 4.78 is 41.6. The van der Waals surface area contributed by atoms with Crippen molar-refractivity contribution < 1.29 is 17.6 Å². The highest BCUT2D eigenvalue weighted by Gasteiger charge is 2.33. The van der Waals surface area contributed by atoms with E-state index in [9.17, 15) is 17.6 Å². The summed E-state index contributed by atoms with van der Waals surface area (Å²) in [6.45, 7) is 0.375. The van der Waals surface area contributed by atoms with Gasteiger partial charge in [0.25, 0.3) is 0 Å². The highest BCUT2D eigenvalue weighted by Crippen LogP contribution is 2.25. The van der Waals surface area contributed by atoms with E-state index < -0.39 is 21.8 Å². The number of nitrogens with zero attached hydrogens (tertiary/aromatic N) is 4. The second-order valence-corrected chi connectivity index (χ2v) is 8.54. The van der Waals surface area contributed by atoms with Gasteiger partial charge in [0, 0.05) is 19.3 Å². The molecular weight excluding hydrogens is 385 g/mol. The molecule has 1 unspecified atom stereocenters. The van der Waals surface area contributed by atoms with Crippen LogP contribution in [0.3, 0.4) is 0 Å². The van der Waals surface area contributed by atoms with Gasteiger partial charge in [0.15, 0.2) is 5.65 Å². The highest BCUT2D eigenvalue weighted by molar-refractivity contribution is 7.89. The van der Waals surface area contributed by atoms with Gasteiger partial charge in [-0.2, -0.15) is 4.31 Å². The molecule has 0 radical (unpaired) electrons. The smallest absolute Gasteiger partial charge is 0.243 e. The number of amides is 1. The Hall–Kier alpha value is -2.85. The summed E-state index contributed by atoms with van der Waals surface area (Å²) in [4.78, 5) is 12.7. The molecule has 8 nitrogen and oxygen atoms in total. The first kappa shape index (κ1) is 18.5. The predicted molar refractivity (Wildman–Crippen MR) is 99.5 cm³/mol. The first-order valence-corrected chi connectivity index (χ1v) is 10.3. The Kier molecular flexibility index (Phi) is 4.82. The summed E-state index contributed by atoms with van der Waals surface area (Å²) in [7, 11) is -3.79. The van der Waals surface area contributed by atoms with Gasteiger partial charge in [-0.3, -0.25) is 14.5 Å². The second kappa shape index (κ2) is 7.28. The van der Waals surface area contributed by atoms with Crippen molar-refractivity contribution in [3.63, 3.8) is 0 Å². The number of carbonyl (C=O) groups excluding carboxylic acids is 1. The van der Waals surface area contributed by atoms with E-state index in [0.29, 0.717) is 31.0 Å². The van der Waals surface area contributed by atoms with Crippen LogP contribution in [0.5, 0.6) is 0 Å². The number of halogens is 1. The fourth-order valence-corrected chi connectivity index (χ4v) is 4.79.